The number of aryl methyl sites for hydroxylation is 1. The Morgan fingerprint density at radius 1 is 1.19 bits per heavy atom. The van der Waals surface area contributed by atoms with Gasteiger partial charge in [0, 0.05) is 62.6 Å². The van der Waals surface area contributed by atoms with Crippen molar-refractivity contribution < 1.29 is 37.3 Å². The molecule has 1 amide bonds. The van der Waals surface area contributed by atoms with Crippen LogP contribution in [-0.4, -0.2) is 106 Å². The number of morpholine rings is 1. The second-order valence-electron chi connectivity index (χ2n) is 10.3. The number of benzene rings is 1. The van der Waals surface area contributed by atoms with Gasteiger partial charge in [-0.15, -0.1) is 0 Å². The fourth-order valence-electron chi connectivity index (χ4n) is 5.05. The molecule has 0 bridgehead atoms. The highest BCUT2D eigenvalue weighted by Crippen LogP contribution is 2.37. The normalized spacial score (nSPS) is 13.6. The van der Waals surface area contributed by atoms with Gasteiger partial charge in [0.15, 0.2) is 17.2 Å². The van der Waals surface area contributed by atoms with Crippen LogP contribution < -0.4 is 16.4 Å². The fourth-order valence-corrected chi connectivity index (χ4v) is 5.05. The van der Waals surface area contributed by atoms with E-state index in [0.717, 1.165) is 18.7 Å². The molecule has 0 atom stereocenters. The Morgan fingerprint density at radius 3 is 2.66 bits per heavy atom. The minimum Gasteiger partial charge on any atom is -0.483 e. The summed E-state index contributed by atoms with van der Waals surface area (Å²) in [7, 11) is 0. The third kappa shape index (κ3) is 9.25. The zero-order chi connectivity index (χ0) is 33.8. The molecule has 254 valence electrons. The van der Waals surface area contributed by atoms with Crippen LogP contribution in [0.1, 0.15) is 28.5 Å². The zero-order valence-corrected chi connectivity index (χ0v) is 25.9. The molecule has 5 N–H and O–H groups in total. The van der Waals surface area contributed by atoms with Gasteiger partial charge in [-0.1, -0.05) is 6.92 Å². The Labute approximate surface area is 268 Å². The quantitative estimate of drug-likeness (QED) is 0.123. The summed E-state index contributed by atoms with van der Waals surface area (Å²) in [5, 5.41) is 16.8. The maximum absolute atomic E-state index is 14.1. The predicted octanol–water partition coefficient (Wildman–Crippen LogP) is 2.66. The maximum atomic E-state index is 14.1. The molecule has 1 aliphatic heterocycles. The highest BCUT2D eigenvalue weighted by molar-refractivity contribution is 5.96. The molecule has 0 unspecified atom stereocenters. The fraction of sp³-hybridized carbons (Fsp3) is 0.433. The monoisotopic (exact) mass is 661 g/mol. The van der Waals surface area contributed by atoms with Crippen molar-refractivity contribution in [3.63, 3.8) is 0 Å². The average molecular weight is 662 g/mol. The SMILES string of the molecule is CCc1cc(Nc2nccn3c(-c4cn(CCN5CCOCC5)nc4C(F)(F)F)cnc23)ccc1C(=O)NCCOCCN.O=CO. The molecular formula is C30H38F3N9O5. The third-order valence-electron chi connectivity index (χ3n) is 7.27. The number of alkyl halides is 3. The van der Waals surface area contributed by atoms with Gasteiger partial charge in [-0.25, -0.2) is 9.97 Å². The Kier molecular flexibility index (Phi) is 12.6. The summed E-state index contributed by atoms with van der Waals surface area (Å²) in [5.41, 5.74) is 6.95. The molecule has 14 nitrogen and oxygen atoms in total. The van der Waals surface area contributed by atoms with Gasteiger partial charge >= 0.3 is 6.18 Å². The largest absolute Gasteiger partial charge is 0.483 e. The van der Waals surface area contributed by atoms with Gasteiger partial charge in [-0.2, -0.15) is 18.3 Å². The smallest absolute Gasteiger partial charge is 0.435 e. The number of nitrogens with zero attached hydrogens (tertiary/aromatic N) is 6. The molecule has 0 radical (unpaired) electrons. The number of fused-ring (bicyclic) bond motifs is 1. The van der Waals surface area contributed by atoms with Crippen LogP contribution in [0, 0.1) is 0 Å². The molecular weight excluding hydrogens is 623 g/mol. The highest BCUT2D eigenvalue weighted by atomic mass is 19.4. The first-order valence-corrected chi connectivity index (χ1v) is 15.0. The van der Waals surface area contributed by atoms with E-state index in [-0.39, 0.29) is 23.6 Å². The summed E-state index contributed by atoms with van der Waals surface area (Å²) in [6.45, 7) is 6.82. The first-order chi connectivity index (χ1) is 22.7. The number of nitrogens with one attached hydrogen (secondary N) is 2. The lowest BCUT2D eigenvalue weighted by Crippen LogP contribution is -2.38. The average Bonchev–Trinajstić information content (AvgIpc) is 3.70. The van der Waals surface area contributed by atoms with E-state index in [1.807, 2.05) is 13.0 Å². The molecule has 4 aromatic rings. The molecule has 1 aromatic carbocycles. The van der Waals surface area contributed by atoms with Crippen molar-refractivity contribution in [2.24, 2.45) is 5.73 Å². The molecule has 1 aliphatic rings. The standard InChI is InChI=1S/C29H36F3N9O3.CH2O2/c1-2-20-17-21(3-4-22(20)28(42)35-7-14-43-13-5-33)37-26-27-36-18-24(41(27)8-6-34-26)23-19-40(38-25(23)29(30,31)32)10-9-39-11-15-44-16-12-39;2-1-3/h3-4,6,8,17-19H,2,5,7,9-16,33H2,1H3,(H,34,37)(H,35,42);1H,(H,2,3). The molecule has 0 aliphatic carbocycles. The Hall–Kier alpha value is -4.58. The van der Waals surface area contributed by atoms with Gasteiger partial charge in [-0.05, 0) is 30.2 Å². The number of hydrogen-bond donors (Lipinski definition) is 4. The number of aromatic nitrogens is 5. The van der Waals surface area contributed by atoms with Crippen LogP contribution >= 0.6 is 0 Å². The lowest BCUT2D eigenvalue weighted by atomic mass is 10.0. The van der Waals surface area contributed by atoms with Gasteiger partial charge in [-0.3, -0.25) is 23.6 Å². The van der Waals surface area contributed by atoms with Crippen molar-refractivity contribution in [3.8, 4) is 11.3 Å². The summed E-state index contributed by atoms with van der Waals surface area (Å²) >= 11 is 0. The molecule has 1 fully saturated rings. The van der Waals surface area contributed by atoms with Gasteiger partial charge in [0.2, 0.25) is 0 Å². The number of rotatable bonds is 13. The zero-order valence-electron chi connectivity index (χ0n) is 25.9. The predicted molar refractivity (Wildman–Crippen MR) is 166 cm³/mol. The Bertz CT molecular complexity index is 1620. The molecule has 5 rings (SSSR count). The highest BCUT2D eigenvalue weighted by Gasteiger charge is 2.38. The molecule has 17 heteroatoms. The molecule has 0 saturated carbocycles. The van der Waals surface area contributed by atoms with E-state index in [1.165, 1.54) is 23.3 Å². The van der Waals surface area contributed by atoms with E-state index in [2.05, 4.69) is 30.6 Å². The molecule has 47 heavy (non-hydrogen) atoms. The van der Waals surface area contributed by atoms with Crippen LogP contribution in [0.5, 0.6) is 0 Å². The lowest BCUT2D eigenvalue weighted by molar-refractivity contribution is -0.141. The van der Waals surface area contributed by atoms with E-state index in [9.17, 15) is 18.0 Å². The van der Waals surface area contributed by atoms with E-state index in [1.54, 1.807) is 22.7 Å². The number of amides is 1. The summed E-state index contributed by atoms with van der Waals surface area (Å²) in [6, 6.07) is 5.30. The number of ether oxygens (including phenoxy) is 2. The van der Waals surface area contributed by atoms with Crippen LogP contribution in [0.3, 0.4) is 0 Å². The second kappa shape index (κ2) is 16.8. The van der Waals surface area contributed by atoms with Crippen LogP contribution in [0.15, 0.2) is 43.0 Å². The number of nitrogens with two attached hydrogens (primary N) is 1. The summed E-state index contributed by atoms with van der Waals surface area (Å²) in [5.74, 6) is 0.136. The van der Waals surface area contributed by atoms with E-state index in [0.29, 0.717) is 81.7 Å². The van der Waals surface area contributed by atoms with Crippen molar-refractivity contribution in [2.75, 3.05) is 64.5 Å². The minimum absolute atomic E-state index is 0.0683. The lowest BCUT2D eigenvalue weighted by Gasteiger charge is -2.26. The topological polar surface area (TPSA) is 174 Å². The van der Waals surface area contributed by atoms with E-state index in [4.69, 9.17) is 25.1 Å². The first-order valence-electron chi connectivity index (χ1n) is 15.0. The van der Waals surface area contributed by atoms with Crippen LogP contribution in [0.4, 0.5) is 24.7 Å². The molecule has 0 spiro atoms. The van der Waals surface area contributed by atoms with Crippen LogP contribution in [-0.2, 0) is 33.4 Å². The van der Waals surface area contributed by atoms with Crippen molar-refractivity contribution in [3.05, 3.63) is 59.8 Å². The maximum Gasteiger partial charge on any atom is 0.435 e. The Morgan fingerprint density at radius 2 is 1.96 bits per heavy atom. The molecule has 1 saturated heterocycles. The van der Waals surface area contributed by atoms with Crippen LogP contribution in [0.2, 0.25) is 0 Å². The number of carbonyl (C=O) groups is 2. The van der Waals surface area contributed by atoms with Crippen molar-refractivity contribution in [2.45, 2.75) is 26.1 Å². The number of imidazole rings is 1. The van der Waals surface area contributed by atoms with E-state index >= 15 is 0 Å². The summed E-state index contributed by atoms with van der Waals surface area (Å²) < 4.78 is 55.8. The molecule has 3 aromatic heterocycles. The van der Waals surface area contributed by atoms with Gasteiger partial charge in [0.1, 0.15) is 0 Å². The number of carbonyl (C=O) groups excluding carboxylic acids is 1. The van der Waals surface area contributed by atoms with Gasteiger partial charge in [0.25, 0.3) is 12.4 Å². The number of halogens is 3. The van der Waals surface area contributed by atoms with Crippen molar-refractivity contribution in [1.29, 1.82) is 0 Å². The number of carboxylic acid groups (broad SMARTS) is 1. The summed E-state index contributed by atoms with van der Waals surface area (Å²) in [6.07, 6.45) is 1.82. The first kappa shape index (κ1) is 35.3. The Balaban J connectivity index is 0.00000160. The minimum atomic E-state index is -4.65. The number of hydrogen-bond acceptors (Lipinski definition) is 10. The van der Waals surface area contributed by atoms with E-state index < -0.39 is 11.9 Å². The second-order valence-corrected chi connectivity index (χ2v) is 10.3. The third-order valence-corrected chi connectivity index (χ3v) is 7.27. The van der Waals surface area contributed by atoms with Crippen molar-refractivity contribution in [1.82, 2.24) is 34.4 Å². The number of anilines is 2. The van der Waals surface area contributed by atoms with Gasteiger partial charge < -0.3 is 30.9 Å². The van der Waals surface area contributed by atoms with Crippen LogP contribution in [0.25, 0.3) is 16.9 Å². The summed E-state index contributed by atoms with van der Waals surface area (Å²) in [4.78, 5) is 32.0. The van der Waals surface area contributed by atoms with Gasteiger partial charge in [0.05, 0.1) is 50.4 Å². The molecule has 4 heterocycles. The van der Waals surface area contributed by atoms with Crippen molar-refractivity contribution >= 4 is 29.5 Å².